The number of hydrogen-bond donors (Lipinski definition) is 1. The van der Waals surface area contributed by atoms with E-state index in [0.717, 1.165) is 35.1 Å². The standard InChI is InChI=1S/C25H25ClN2O6S/c1-3-5-12-34-24(31)19-14-17(8-11-20(19)26)27-22(29)15-28-23(30)21(35-25(28)32)13-16-6-9-18(10-7-16)33-4-2/h6-11,13-14H,3-5,12,15H2,1-2H3,(H,27,29)/b21-13+. The van der Waals surface area contributed by atoms with Crippen LogP contribution in [-0.2, 0) is 14.3 Å². The molecule has 1 saturated heterocycles. The van der Waals surface area contributed by atoms with Crippen molar-refractivity contribution in [2.24, 2.45) is 0 Å². The van der Waals surface area contributed by atoms with Crippen LogP contribution in [-0.4, -0.2) is 47.7 Å². The molecule has 2 aromatic rings. The average Bonchev–Trinajstić information content (AvgIpc) is 3.09. The van der Waals surface area contributed by atoms with Crippen LogP contribution in [0.5, 0.6) is 5.75 Å². The Morgan fingerprint density at radius 2 is 1.86 bits per heavy atom. The summed E-state index contributed by atoms with van der Waals surface area (Å²) in [5.74, 6) is -1.04. The molecule has 0 spiro atoms. The molecule has 35 heavy (non-hydrogen) atoms. The van der Waals surface area contributed by atoms with E-state index in [4.69, 9.17) is 21.1 Å². The summed E-state index contributed by atoms with van der Waals surface area (Å²) < 4.78 is 10.6. The van der Waals surface area contributed by atoms with E-state index >= 15 is 0 Å². The monoisotopic (exact) mass is 516 g/mol. The Hall–Kier alpha value is -3.30. The summed E-state index contributed by atoms with van der Waals surface area (Å²) in [4.78, 5) is 51.0. The van der Waals surface area contributed by atoms with Gasteiger partial charge in [0.15, 0.2) is 0 Å². The van der Waals surface area contributed by atoms with Crippen LogP contribution in [0.15, 0.2) is 47.4 Å². The number of benzene rings is 2. The van der Waals surface area contributed by atoms with Crippen molar-refractivity contribution >= 4 is 58.1 Å². The summed E-state index contributed by atoms with van der Waals surface area (Å²) in [6.07, 6.45) is 3.19. The minimum atomic E-state index is -0.595. The van der Waals surface area contributed by atoms with Gasteiger partial charge in [-0.25, -0.2) is 4.79 Å². The minimum Gasteiger partial charge on any atom is -0.494 e. The zero-order chi connectivity index (χ0) is 25.4. The number of imide groups is 1. The Kier molecular flexibility index (Phi) is 9.33. The molecule has 3 amide bonds. The molecule has 8 nitrogen and oxygen atoms in total. The Morgan fingerprint density at radius 3 is 2.54 bits per heavy atom. The molecular weight excluding hydrogens is 492 g/mol. The molecule has 1 aliphatic heterocycles. The van der Waals surface area contributed by atoms with Crippen LogP contribution in [0.25, 0.3) is 6.08 Å². The van der Waals surface area contributed by atoms with Crippen molar-refractivity contribution in [2.45, 2.75) is 26.7 Å². The quantitative estimate of drug-likeness (QED) is 0.257. The molecule has 1 aliphatic rings. The van der Waals surface area contributed by atoms with Gasteiger partial charge < -0.3 is 14.8 Å². The first-order chi connectivity index (χ1) is 16.8. The highest BCUT2D eigenvalue weighted by molar-refractivity contribution is 8.18. The van der Waals surface area contributed by atoms with Crippen molar-refractivity contribution in [3.63, 3.8) is 0 Å². The third kappa shape index (κ3) is 7.10. The Bertz CT molecular complexity index is 1150. The van der Waals surface area contributed by atoms with Crippen molar-refractivity contribution in [2.75, 3.05) is 25.1 Å². The van der Waals surface area contributed by atoms with Gasteiger partial charge in [0.25, 0.3) is 11.1 Å². The molecule has 1 heterocycles. The maximum atomic E-state index is 12.7. The number of nitrogens with one attached hydrogen (secondary N) is 1. The van der Waals surface area contributed by atoms with Crippen LogP contribution in [0.2, 0.25) is 5.02 Å². The maximum absolute atomic E-state index is 12.7. The van der Waals surface area contributed by atoms with Crippen molar-refractivity contribution in [3.8, 4) is 5.75 Å². The number of carbonyl (C=O) groups is 4. The van der Waals surface area contributed by atoms with E-state index in [1.807, 2.05) is 13.8 Å². The molecule has 0 aliphatic carbocycles. The molecule has 0 radical (unpaired) electrons. The van der Waals surface area contributed by atoms with Crippen LogP contribution in [0, 0.1) is 0 Å². The summed E-state index contributed by atoms with van der Waals surface area (Å²) in [6.45, 7) is 4.20. The van der Waals surface area contributed by atoms with E-state index in [9.17, 15) is 19.2 Å². The molecule has 0 saturated carbocycles. The first kappa shape index (κ1) is 26.3. The van der Waals surface area contributed by atoms with Crippen LogP contribution >= 0.6 is 23.4 Å². The van der Waals surface area contributed by atoms with E-state index in [-0.39, 0.29) is 22.1 Å². The summed E-state index contributed by atoms with van der Waals surface area (Å²) >= 11 is 6.86. The third-order valence-electron chi connectivity index (χ3n) is 4.87. The highest BCUT2D eigenvalue weighted by Crippen LogP contribution is 2.32. The molecule has 1 N–H and O–H groups in total. The second-order valence-electron chi connectivity index (χ2n) is 7.50. The zero-order valence-electron chi connectivity index (χ0n) is 19.3. The van der Waals surface area contributed by atoms with Crippen LogP contribution in [0.4, 0.5) is 10.5 Å². The Morgan fingerprint density at radius 1 is 1.11 bits per heavy atom. The van der Waals surface area contributed by atoms with Crippen molar-refractivity contribution in [1.82, 2.24) is 4.90 Å². The molecule has 184 valence electrons. The number of anilines is 1. The van der Waals surface area contributed by atoms with E-state index in [0.29, 0.717) is 18.0 Å². The molecule has 10 heteroatoms. The number of unbranched alkanes of at least 4 members (excludes halogenated alkanes) is 1. The van der Waals surface area contributed by atoms with Gasteiger partial charge >= 0.3 is 5.97 Å². The Balaban J connectivity index is 1.64. The van der Waals surface area contributed by atoms with Gasteiger partial charge in [-0.15, -0.1) is 0 Å². The number of hydrogen-bond acceptors (Lipinski definition) is 7. The number of amides is 3. The number of rotatable bonds is 10. The van der Waals surface area contributed by atoms with Gasteiger partial charge in [0.1, 0.15) is 12.3 Å². The van der Waals surface area contributed by atoms with E-state index in [2.05, 4.69) is 5.32 Å². The van der Waals surface area contributed by atoms with Crippen molar-refractivity contribution in [1.29, 1.82) is 0 Å². The van der Waals surface area contributed by atoms with Gasteiger partial charge in [0.2, 0.25) is 5.91 Å². The second-order valence-corrected chi connectivity index (χ2v) is 8.90. The predicted octanol–water partition coefficient (Wildman–Crippen LogP) is 5.37. The lowest BCUT2D eigenvalue weighted by Gasteiger charge is -2.13. The fraction of sp³-hybridized carbons (Fsp3) is 0.280. The fourth-order valence-corrected chi connectivity index (χ4v) is 4.14. The van der Waals surface area contributed by atoms with Crippen molar-refractivity contribution in [3.05, 3.63) is 63.5 Å². The largest absolute Gasteiger partial charge is 0.494 e. The van der Waals surface area contributed by atoms with Gasteiger partial charge in [-0.3, -0.25) is 19.3 Å². The zero-order valence-corrected chi connectivity index (χ0v) is 20.9. The van der Waals surface area contributed by atoms with E-state index in [1.165, 1.54) is 18.2 Å². The normalized spacial score (nSPS) is 14.4. The maximum Gasteiger partial charge on any atom is 0.339 e. The van der Waals surface area contributed by atoms with Gasteiger partial charge in [-0.05, 0) is 67.1 Å². The number of nitrogens with zero attached hydrogens (tertiary/aromatic N) is 1. The molecule has 0 bridgehead atoms. The van der Waals surface area contributed by atoms with E-state index in [1.54, 1.807) is 30.3 Å². The fourth-order valence-electron chi connectivity index (χ4n) is 3.11. The van der Waals surface area contributed by atoms with Gasteiger partial charge in [-0.2, -0.15) is 0 Å². The third-order valence-corrected chi connectivity index (χ3v) is 6.10. The van der Waals surface area contributed by atoms with E-state index < -0.39 is 29.6 Å². The summed E-state index contributed by atoms with van der Waals surface area (Å²) in [5, 5.41) is 2.24. The lowest BCUT2D eigenvalue weighted by molar-refractivity contribution is -0.127. The highest BCUT2D eigenvalue weighted by atomic mass is 35.5. The summed E-state index contributed by atoms with van der Waals surface area (Å²) in [5.41, 5.74) is 1.13. The lowest BCUT2D eigenvalue weighted by atomic mass is 10.2. The number of esters is 1. The van der Waals surface area contributed by atoms with Gasteiger partial charge in [0, 0.05) is 5.69 Å². The molecular formula is C25H25ClN2O6S. The molecule has 0 unspecified atom stereocenters. The predicted molar refractivity (Wildman–Crippen MR) is 136 cm³/mol. The number of ether oxygens (including phenoxy) is 2. The lowest BCUT2D eigenvalue weighted by Crippen LogP contribution is -2.36. The minimum absolute atomic E-state index is 0.116. The van der Waals surface area contributed by atoms with Crippen LogP contribution < -0.4 is 10.1 Å². The van der Waals surface area contributed by atoms with Gasteiger partial charge in [-0.1, -0.05) is 37.1 Å². The number of thioether (sulfide) groups is 1. The van der Waals surface area contributed by atoms with Gasteiger partial charge in [0.05, 0.1) is 28.7 Å². The van der Waals surface area contributed by atoms with Crippen LogP contribution in [0.3, 0.4) is 0 Å². The number of halogens is 1. The average molecular weight is 517 g/mol. The molecule has 1 fully saturated rings. The first-order valence-electron chi connectivity index (χ1n) is 11.1. The SMILES string of the molecule is CCCCOC(=O)c1cc(NC(=O)CN2C(=O)S/C(=C/c3ccc(OCC)cc3)C2=O)ccc1Cl. The Labute approximate surface area is 212 Å². The van der Waals surface area contributed by atoms with Crippen LogP contribution in [0.1, 0.15) is 42.6 Å². The van der Waals surface area contributed by atoms with Crippen molar-refractivity contribution < 1.29 is 28.7 Å². The first-order valence-corrected chi connectivity index (χ1v) is 12.3. The highest BCUT2D eigenvalue weighted by Gasteiger charge is 2.36. The molecule has 0 atom stereocenters. The molecule has 0 aromatic heterocycles. The molecule has 2 aromatic carbocycles. The summed E-state index contributed by atoms with van der Waals surface area (Å²) in [6, 6.07) is 11.5. The second kappa shape index (κ2) is 12.4. The molecule has 3 rings (SSSR count). The number of carbonyl (C=O) groups excluding carboxylic acids is 4. The summed E-state index contributed by atoms with van der Waals surface area (Å²) in [7, 11) is 0. The smallest absolute Gasteiger partial charge is 0.339 e. The topological polar surface area (TPSA) is 102 Å².